The third-order valence-electron chi connectivity index (χ3n) is 6.00. The molecule has 0 spiro atoms. The highest BCUT2D eigenvalue weighted by Crippen LogP contribution is 2.43. The fourth-order valence-electron chi connectivity index (χ4n) is 4.24. The van der Waals surface area contributed by atoms with Crippen molar-refractivity contribution in [2.45, 2.75) is 13.3 Å². The van der Waals surface area contributed by atoms with E-state index in [1.807, 2.05) is 31.2 Å². The predicted octanol–water partition coefficient (Wildman–Crippen LogP) is 3.36. The SMILES string of the molecule is Cc1ccc(-c2ccc(C(=O)N3C[C@H]4COCC[C@@]4(C(=O)O)C3)c(F)c2)cc1. The Labute approximate surface area is 162 Å². The van der Waals surface area contributed by atoms with Gasteiger partial charge in [-0.1, -0.05) is 35.9 Å². The molecule has 28 heavy (non-hydrogen) atoms. The van der Waals surface area contributed by atoms with Gasteiger partial charge in [0.1, 0.15) is 5.82 Å². The molecule has 6 heteroatoms. The van der Waals surface area contributed by atoms with Crippen LogP contribution in [0.1, 0.15) is 22.3 Å². The zero-order valence-electron chi connectivity index (χ0n) is 15.7. The number of carboxylic acid groups (broad SMARTS) is 1. The van der Waals surface area contributed by atoms with E-state index in [9.17, 15) is 19.1 Å². The van der Waals surface area contributed by atoms with E-state index in [0.29, 0.717) is 25.2 Å². The number of ether oxygens (including phenoxy) is 1. The van der Waals surface area contributed by atoms with E-state index in [2.05, 4.69) is 0 Å². The van der Waals surface area contributed by atoms with Crippen molar-refractivity contribution < 1.29 is 23.8 Å². The molecule has 0 aromatic heterocycles. The van der Waals surface area contributed by atoms with Gasteiger partial charge in [-0.3, -0.25) is 9.59 Å². The average molecular weight is 383 g/mol. The van der Waals surface area contributed by atoms with Gasteiger partial charge in [0.05, 0.1) is 17.6 Å². The fourth-order valence-corrected chi connectivity index (χ4v) is 4.24. The van der Waals surface area contributed by atoms with Gasteiger partial charge < -0.3 is 14.7 Å². The van der Waals surface area contributed by atoms with Crippen molar-refractivity contribution in [3.63, 3.8) is 0 Å². The van der Waals surface area contributed by atoms with E-state index in [4.69, 9.17) is 4.74 Å². The number of aryl methyl sites for hydroxylation is 1. The zero-order chi connectivity index (χ0) is 19.9. The van der Waals surface area contributed by atoms with E-state index in [1.165, 1.54) is 17.0 Å². The van der Waals surface area contributed by atoms with Crippen LogP contribution in [0.4, 0.5) is 4.39 Å². The van der Waals surface area contributed by atoms with Crippen molar-refractivity contribution in [2.75, 3.05) is 26.3 Å². The van der Waals surface area contributed by atoms with Crippen molar-refractivity contribution in [3.05, 3.63) is 59.4 Å². The van der Waals surface area contributed by atoms with Crippen molar-refractivity contribution in [1.82, 2.24) is 4.90 Å². The molecule has 2 saturated heterocycles. The van der Waals surface area contributed by atoms with Gasteiger partial charge in [0.15, 0.2) is 0 Å². The van der Waals surface area contributed by atoms with Crippen LogP contribution in [0.25, 0.3) is 11.1 Å². The summed E-state index contributed by atoms with van der Waals surface area (Å²) in [5, 5.41) is 9.74. The molecule has 2 aliphatic rings. The van der Waals surface area contributed by atoms with Gasteiger partial charge in [0.2, 0.25) is 0 Å². The number of nitrogens with zero attached hydrogens (tertiary/aromatic N) is 1. The first-order valence-electron chi connectivity index (χ1n) is 9.38. The minimum atomic E-state index is -0.994. The quantitative estimate of drug-likeness (QED) is 0.883. The number of rotatable bonds is 3. The molecular formula is C22H22FNO4. The van der Waals surface area contributed by atoms with Gasteiger partial charge in [0.25, 0.3) is 5.91 Å². The lowest BCUT2D eigenvalue weighted by atomic mass is 9.74. The Balaban J connectivity index is 1.58. The molecule has 2 aromatic rings. The van der Waals surface area contributed by atoms with E-state index < -0.39 is 23.1 Å². The van der Waals surface area contributed by atoms with Crippen molar-refractivity contribution >= 4 is 11.9 Å². The van der Waals surface area contributed by atoms with Gasteiger partial charge in [0, 0.05) is 25.6 Å². The maximum absolute atomic E-state index is 14.8. The molecule has 2 aliphatic heterocycles. The number of benzene rings is 2. The minimum Gasteiger partial charge on any atom is -0.481 e. The van der Waals surface area contributed by atoms with Crippen LogP contribution >= 0.6 is 0 Å². The van der Waals surface area contributed by atoms with E-state index >= 15 is 0 Å². The summed E-state index contributed by atoms with van der Waals surface area (Å²) in [6.45, 7) is 3.02. The molecule has 2 fully saturated rings. The van der Waals surface area contributed by atoms with Crippen molar-refractivity contribution in [3.8, 4) is 11.1 Å². The number of carboxylic acids is 1. The van der Waals surface area contributed by atoms with Gasteiger partial charge in [-0.05, 0) is 36.6 Å². The Hall–Kier alpha value is -2.73. The summed E-state index contributed by atoms with van der Waals surface area (Å²) in [6.07, 6.45) is 0.367. The summed E-state index contributed by atoms with van der Waals surface area (Å²) in [4.78, 5) is 26.3. The summed E-state index contributed by atoms with van der Waals surface area (Å²) in [7, 11) is 0. The molecule has 1 amide bonds. The lowest BCUT2D eigenvalue weighted by Crippen LogP contribution is -2.45. The third-order valence-corrected chi connectivity index (χ3v) is 6.00. The first-order chi connectivity index (χ1) is 13.4. The van der Waals surface area contributed by atoms with Crippen LogP contribution in [0.3, 0.4) is 0 Å². The first kappa shape index (κ1) is 18.6. The lowest BCUT2D eigenvalue weighted by Gasteiger charge is -2.33. The Morgan fingerprint density at radius 2 is 1.89 bits per heavy atom. The minimum absolute atomic E-state index is 0.0315. The number of likely N-dealkylation sites (tertiary alicyclic amines) is 1. The van der Waals surface area contributed by atoms with Crippen LogP contribution in [0.2, 0.25) is 0 Å². The second-order valence-electron chi connectivity index (χ2n) is 7.73. The zero-order valence-corrected chi connectivity index (χ0v) is 15.7. The highest BCUT2D eigenvalue weighted by molar-refractivity contribution is 5.96. The summed E-state index contributed by atoms with van der Waals surface area (Å²) < 4.78 is 20.2. The Morgan fingerprint density at radius 1 is 1.18 bits per heavy atom. The van der Waals surface area contributed by atoms with E-state index in [-0.39, 0.29) is 24.6 Å². The molecule has 0 radical (unpaired) electrons. The molecule has 146 valence electrons. The van der Waals surface area contributed by atoms with E-state index in [1.54, 1.807) is 6.07 Å². The molecule has 4 rings (SSSR count). The number of aliphatic carboxylic acids is 1. The van der Waals surface area contributed by atoms with Gasteiger partial charge >= 0.3 is 5.97 Å². The molecule has 0 bridgehead atoms. The molecule has 2 heterocycles. The number of fused-ring (bicyclic) bond motifs is 1. The van der Waals surface area contributed by atoms with Gasteiger partial charge in [-0.25, -0.2) is 4.39 Å². The molecule has 0 saturated carbocycles. The highest BCUT2D eigenvalue weighted by atomic mass is 19.1. The Bertz CT molecular complexity index is 927. The lowest BCUT2D eigenvalue weighted by molar-refractivity contribution is -0.157. The Morgan fingerprint density at radius 3 is 2.54 bits per heavy atom. The Kier molecular flexibility index (Phi) is 4.67. The number of amides is 1. The molecule has 5 nitrogen and oxygen atoms in total. The second-order valence-corrected chi connectivity index (χ2v) is 7.73. The molecule has 1 N–H and O–H groups in total. The van der Waals surface area contributed by atoms with E-state index in [0.717, 1.165) is 11.1 Å². The monoisotopic (exact) mass is 383 g/mol. The number of halogens is 1. The largest absolute Gasteiger partial charge is 0.481 e. The second kappa shape index (κ2) is 7.02. The highest BCUT2D eigenvalue weighted by Gasteiger charge is 2.55. The van der Waals surface area contributed by atoms with Gasteiger partial charge in [-0.2, -0.15) is 0 Å². The maximum atomic E-state index is 14.8. The maximum Gasteiger partial charge on any atom is 0.311 e. The number of hydrogen-bond acceptors (Lipinski definition) is 3. The predicted molar refractivity (Wildman–Crippen MR) is 101 cm³/mol. The van der Waals surface area contributed by atoms with Crippen molar-refractivity contribution in [2.24, 2.45) is 11.3 Å². The molecule has 2 aromatic carbocycles. The molecular weight excluding hydrogens is 361 g/mol. The molecule has 0 unspecified atom stereocenters. The third kappa shape index (κ3) is 3.07. The van der Waals surface area contributed by atoms with Crippen LogP contribution < -0.4 is 0 Å². The van der Waals surface area contributed by atoms with Gasteiger partial charge in [-0.15, -0.1) is 0 Å². The number of hydrogen-bond donors (Lipinski definition) is 1. The average Bonchev–Trinajstić information content (AvgIpc) is 3.09. The molecule has 2 atom stereocenters. The summed E-state index contributed by atoms with van der Waals surface area (Å²) >= 11 is 0. The summed E-state index contributed by atoms with van der Waals surface area (Å²) in [6, 6.07) is 12.3. The molecule has 0 aliphatic carbocycles. The van der Waals surface area contributed by atoms with Crippen LogP contribution in [0.5, 0.6) is 0 Å². The number of carbonyl (C=O) groups excluding carboxylic acids is 1. The van der Waals surface area contributed by atoms with Crippen LogP contribution in [0.15, 0.2) is 42.5 Å². The normalized spacial score (nSPS) is 24.1. The van der Waals surface area contributed by atoms with Crippen LogP contribution in [-0.2, 0) is 9.53 Å². The summed E-state index contributed by atoms with van der Waals surface area (Å²) in [5.41, 5.74) is 1.66. The fraction of sp³-hybridized carbons (Fsp3) is 0.364. The standard InChI is InChI=1S/C22H22FNO4/c1-14-2-4-15(5-3-14)16-6-7-18(19(23)10-16)20(25)24-11-17-12-28-9-8-22(17,13-24)21(26)27/h2-7,10,17H,8-9,11-13H2,1H3,(H,26,27)/t17-,22+/m0/s1. The summed E-state index contributed by atoms with van der Waals surface area (Å²) in [5.74, 6) is -2.24. The topological polar surface area (TPSA) is 66.8 Å². The number of carbonyl (C=O) groups is 2. The van der Waals surface area contributed by atoms with Crippen LogP contribution in [-0.4, -0.2) is 48.2 Å². The van der Waals surface area contributed by atoms with Crippen molar-refractivity contribution in [1.29, 1.82) is 0 Å². The smallest absolute Gasteiger partial charge is 0.311 e. The first-order valence-corrected chi connectivity index (χ1v) is 9.38. The van der Waals surface area contributed by atoms with Crippen LogP contribution in [0, 0.1) is 24.1 Å².